The number of benzene rings is 1. The van der Waals surface area contributed by atoms with Crippen LogP contribution in [0, 0.1) is 0 Å². The highest BCUT2D eigenvalue weighted by Crippen LogP contribution is 2.25. The average molecular weight is 341 g/mol. The molecular formula is C12H16Cl3N3O2. The minimum absolute atomic E-state index is 0. The van der Waals surface area contributed by atoms with Crippen molar-refractivity contribution >= 4 is 47.3 Å². The van der Waals surface area contributed by atoms with Gasteiger partial charge in [-0.3, -0.25) is 0 Å². The number of anilines is 1. The van der Waals surface area contributed by atoms with Gasteiger partial charge in [-0.15, -0.1) is 12.4 Å². The largest absolute Gasteiger partial charge is 0.378 e. The summed E-state index contributed by atoms with van der Waals surface area (Å²) in [5, 5.41) is 9.60. The Morgan fingerprint density at radius 2 is 2.15 bits per heavy atom. The predicted molar refractivity (Wildman–Crippen MR) is 83.3 cm³/mol. The molecule has 1 aromatic rings. The molecule has 20 heavy (non-hydrogen) atoms. The molecule has 0 unspecified atom stereocenters. The van der Waals surface area contributed by atoms with E-state index in [9.17, 15) is 4.79 Å². The molecule has 2 atom stereocenters. The van der Waals surface area contributed by atoms with Gasteiger partial charge in [-0.2, -0.15) is 0 Å². The maximum atomic E-state index is 11.9. The first-order valence-corrected chi connectivity index (χ1v) is 6.62. The number of hydrogen-bond acceptors (Lipinski definition) is 3. The molecule has 8 heteroatoms. The molecule has 112 valence electrons. The predicted octanol–water partition coefficient (Wildman–Crippen LogP) is 2.52. The van der Waals surface area contributed by atoms with Crippen molar-refractivity contribution in [1.82, 2.24) is 10.6 Å². The van der Waals surface area contributed by atoms with Gasteiger partial charge in [-0.25, -0.2) is 4.79 Å². The first-order chi connectivity index (χ1) is 9.10. The summed E-state index contributed by atoms with van der Waals surface area (Å²) < 4.78 is 5.27. The summed E-state index contributed by atoms with van der Waals surface area (Å²) in [5.74, 6) is 0. The van der Waals surface area contributed by atoms with E-state index in [1.807, 2.05) is 0 Å². The van der Waals surface area contributed by atoms with E-state index in [0.29, 0.717) is 22.3 Å². The van der Waals surface area contributed by atoms with Crippen molar-refractivity contribution in [1.29, 1.82) is 0 Å². The Hall–Kier alpha value is -0.720. The summed E-state index contributed by atoms with van der Waals surface area (Å²) in [6, 6.07) is 4.52. The van der Waals surface area contributed by atoms with Crippen LogP contribution in [0.4, 0.5) is 10.5 Å². The molecule has 1 aromatic carbocycles. The minimum atomic E-state index is -0.319. The smallest absolute Gasteiger partial charge is 0.319 e. The fraction of sp³-hybridized carbons (Fsp3) is 0.417. The van der Waals surface area contributed by atoms with Gasteiger partial charge in [0.05, 0.1) is 22.9 Å². The monoisotopic (exact) mass is 339 g/mol. The van der Waals surface area contributed by atoms with Crippen LogP contribution in [0.1, 0.15) is 0 Å². The molecule has 0 spiro atoms. The molecule has 1 aliphatic rings. The van der Waals surface area contributed by atoms with Crippen LogP contribution >= 0.6 is 35.6 Å². The van der Waals surface area contributed by atoms with E-state index in [4.69, 9.17) is 27.9 Å². The maximum absolute atomic E-state index is 11.9. The van der Waals surface area contributed by atoms with Gasteiger partial charge >= 0.3 is 6.03 Å². The number of halogens is 3. The van der Waals surface area contributed by atoms with E-state index in [2.05, 4.69) is 16.0 Å². The highest BCUT2D eigenvalue weighted by atomic mass is 35.5. The lowest BCUT2D eigenvalue weighted by molar-refractivity contribution is 0.0991. The van der Waals surface area contributed by atoms with Crippen molar-refractivity contribution in [3.63, 3.8) is 0 Å². The Balaban J connectivity index is 0.00000200. The second-order valence-corrected chi connectivity index (χ2v) is 5.11. The molecule has 1 fully saturated rings. The summed E-state index contributed by atoms with van der Waals surface area (Å²) in [6.07, 6.45) is -0.0218. The van der Waals surface area contributed by atoms with Crippen LogP contribution in [0.15, 0.2) is 18.2 Å². The fourth-order valence-corrected chi connectivity index (χ4v) is 2.42. The van der Waals surface area contributed by atoms with E-state index < -0.39 is 0 Å². The summed E-state index contributed by atoms with van der Waals surface area (Å²) >= 11 is 11.8. The number of urea groups is 1. The highest BCUT2D eigenvalue weighted by Gasteiger charge is 2.28. The quantitative estimate of drug-likeness (QED) is 0.792. The third-order valence-electron chi connectivity index (χ3n) is 2.96. The third kappa shape index (κ3) is 4.40. The average Bonchev–Trinajstić information content (AvgIpc) is 2.80. The first-order valence-electron chi connectivity index (χ1n) is 5.86. The standard InChI is InChI=1S/C12H15Cl2N3O2.ClH/c1-19-11-6-15-5-10(11)17-12(18)16-9-3-2-7(13)4-8(9)14;/h2-4,10-11,15H,5-6H2,1H3,(H2,16,17,18);1H/t10-,11-;/m0./s1. The van der Waals surface area contributed by atoms with Gasteiger partial charge < -0.3 is 20.7 Å². The Morgan fingerprint density at radius 1 is 1.40 bits per heavy atom. The molecule has 1 heterocycles. The number of amides is 2. The van der Waals surface area contributed by atoms with Crippen molar-refractivity contribution in [2.24, 2.45) is 0 Å². The van der Waals surface area contributed by atoms with Crippen molar-refractivity contribution in [3.8, 4) is 0 Å². The van der Waals surface area contributed by atoms with Crippen LogP contribution in [-0.2, 0) is 4.74 Å². The molecule has 3 N–H and O–H groups in total. The number of hydrogen-bond donors (Lipinski definition) is 3. The number of nitrogens with one attached hydrogen (secondary N) is 3. The van der Waals surface area contributed by atoms with Crippen LogP contribution in [-0.4, -0.2) is 38.4 Å². The highest BCUT2D eigenvalue weighted by molar-refractivity contribution is 6.36. The number of carbonyl (C=O) groups is 1. The van der Waals surface area contributed by atoms with Gasteiger partial charge in [-0.1, -0.05) is 23.2 Å². The van der Waals surface area contributed by atoms with Gasteiger partial charge in [0, 0.05) is 25.2 Å². The number of methoxy groups -OCH3 is 1. The fourth-order valence-electron chi connectivity index (χ4n) is 1.96. The van der Waals surface area contributed by atoms with E-state index in [1.54, 1.807) is 25.3 Å². The molecule has 0 aliphatic carbocycles. The topological polar surface area (TPSA) is 62.4 Å². The zero-order valence-corrected chi connectivity index (χ0v) is 13.1. The molecule has 0 saturated carbocycles. The SMILES string of the molecule is CO[C@H]1CNC[C@@H]1NC(=O)Nc1ccc(Cl)cc1Cl.Cl. The molecule has 5 nitrogen and oxygen atoms in total. The van der Waals surface area contributed by atoms with Gasteiger partial charge in [0.25, 0.3) is 0 Å². The lowest BCUT2D eigenvalue weighted by Crippen LogP contribution is -2.45. The van der Waals surface area contributed by atoms with Crippen molar-refractivity contribution in [3.05, 3.63) is 28.2 Å². The molecule has 1 aliphatic heterocycles. The number of carbonyl (C=O) groups excluding carboxylic acids is 1. The van der Waals surface area contributed by atoms with Crippen LogP contribution in [0.5, 0.6) is 0 Å². The molecule has 1 saturated heterocycles. The van der Waals surface area contributed by atoms with Gasteiger partial charge in [0.2, 0.25) is 0 Å². The lowest BCUT2D eigenvalue weighted by Gasteiger charge is -2.19. The van der Waals surface area contributed by atoms with Gasteiger partial charge in [0.1, 0.15) is 0 Å². The summed E-state index contributed by atoms with van der Waals surface area (Å²) in [4.78, 5) is 11.9. The summed E-state index contributed by atoms with van der Waals surface area (Å²) in [5.41, 5.74) is 0.517. The summed E-state index contributed by atoms with van der Waals surface area (Å²) in [6.45, 7) is 1.41. The molecule has 2 amide bonds. The second kappa shape index (κ2) is 7.90. The van der Waals surface area contributed by atoms with Gasteiger partial charge in [-0.05, 0) is 18.2 Å². The van der Waals surface area contributed by atoms with E-state index in [0.717, 1.165) is 6.54 Å². The van der Waals surface area contributed by atoms with E-state index >= 15 is 0 Å². The van der Waals surface area contributed by atoms with E-state index in [-0.39, 0.29) is 30.6 Å². The molecule has 0 aromatic heterocycles. The third-order valence-corrected chi connectivity index (χ3v) is 3.50. The minimum Gasteiger partial charge on any atom is -0.378 e. The Morgan fingerprint density at radius 3 is 2.80 bits per heavy atom. The van der Waals surface area contributed by atoms with Crippen molar-refractivity contribution < 1.29 is 9.53 Å². The van der Waals surface area contributed by atoms with Crippen molar-refractivity contribution in [2.45, 2.75) is 12.1 Å². The number of rotatable bonds is 3. The lowest BCUT2D eigenvalue weighted by atomic mass is 10.2. The van der Waals surface area contributed by atoms with Crippen LogP contribution in [0.25, 0.3) is 0 Å². The Labute approximate surface area is 133 Å². The van der Waals surface area contributed by atoms with E-state index in [1.165, 1.54) is 0 Å². The first kappa shape index (κ1) is 17.3. The van der Waals surface area contributed by atoms with Crippen LogP contribution in [0.2, 0.25) is 10.0 Å². The zero-order chi connectivity index (χ0) is 13.8. The van der Waals surface area contributed by atoms with Crippen molar-refractivity contribution in [2.75, 3.05) is 25.5 Å². The second-order valence-electron chi connectivity index (χ2n) is 4.26. The summed E-state index contributed by atoms with van der Waals surface area (Å²) in [7, 11) is 1.63. The Kier molecular flexibility index (Phi) is 6.85. The van der Waals surface area contributed by atoms with Crippen LogP contribution in [0.3, 0.4) is 0 Å². The maximum Gasteiger partial charge on any atom is 0.319 e. The molecule has 2 rings (SSSR count). The van der Waals surface area contributed by atoms with Gasteiger partial charge in [0.15, 0.2) is 0 Å². The zero-order valence-electron chi connectivity index (χ0n) is 10.8. The molecule has 0 bridgehead atoms. The number of ether oxygens (including phenoxy) is 1. The Bertz CT molecular complexity index is 473. The molecule has 0 radical (unpaired) electrons. The normalized spacial score (nSPS) is 21.1. The molecular weight excluding hydrogens is 325 g/mol. The van der Waals surface area contributed by atoms with Crippen LogP contribution < -0.4 is 16.0 Å².